The Kier molecular flexibility index (Phi) is 4.53. The maximum atomic E-state index is 12.9. The number of nitrogens with zero attached hydrogens (tertiary/aromatic N) is 1. The van der Waals surface area contributed by atoms with E-state index in [-0.39, 0.29) is 24.0 Å². The molecule has 1 amide bonds. The zero-order valence-electron chi connectivity index (χ0n) is 14.0. The fourth-order valence-corrected chi connectivity index (χ4v) is 2.91. The average molecular weight is 343 g/mol. The van der Waals surface area contributed by atoms with Gasteiger partial charge in [0.05, 0.1) is 5.56 Å². The lowest BCUT2D eigenvalue weighted by molar-refractivity contribution is -0.141. The molecule has 0 aliphatic carbocycles. The number of furan rings is 1. The molecule has 0 bridgehead atoms. The van der Waals surface area contributed by atoms with Crippen LogP contribution < -0.4 is 0 Å². The first-order valence-corrected chi connectivity index (χ1v) is 8.07. The van der Waals surface area contributed by atoms with Crippen LogP contribution in [0.3, 0.4) is 0 Å². The smallest absolute Gasteiger partial charge is 0.291 e. The zero-order chi connectivity index (χ0) is 18.1. The van der Waals surface area contributed by atoms with Crippen LogP contribution in [-0.4, -0.2) is 35.0 Å². The third kappa shape index (κ3) is 3.38. The third-order valence-corrected chi connectivity index (χ3v) is 4.34. The summed E-state index contributed by atoms with van der Waals surface area (Å²) in [6, 6.07) is 7.42. The van der Waals surface area contributed by atoms with Crippen molar-refractivity contribution in [2.24, 2.45) is 5.92 Å². The van der Waals surface area contributed by atoms with E-state index in [0.29, 0.717) is 12.2 Å². The highest BCUT2D eigenvalue weighted by molar-refractivity contribution is 6.43. The summed E-state index contributed by atoms with van der Waals surface area (Å²) in [5.74, 6) is -2.45. The molecular weight excluding hydrogens is 325 g/mol. The molecule has 1 aromatic heterocycles. The van der Waals surface area contributed by atoms with Crippen LogP contribution in [0.1, 0.15) is 35.5 Å². The predicted molar refractivity (Wildman–Crippen MR) is 87.6 cm³/mol. The van der Waals surface area contributed by atoms with E-state index in [1.165, 1.54) is 23.3 Å². The van der Waals surface area contributed by atoms with Crippen molar-refractivity contribution in [2.45, 2.75) is 26.3 Å². The number of Topliss-reactive ketones (excluding diaryl/α,β-unsaturated/α-hetero) is 2. The van der Waals surface area contributed by atoms with Gasteiger partial charge in [-0.3, -0.25) is 14.4 Å². The highest BCUT2D eigenvalue weighted by atomic mass is 19.1. The molecule has 3 rings (SSSR count). The van der Waals surface area contributed by atoms with E-state index in [1.807, 2.05) is 0 Å². The topological polar surface area (TPSA) is 67.6 Å². The Hall–Kier alpha value is -2.76. The highest BCUT2D eigenvalue weighted by Gasteiger charge is 2.44. The summed E-state index contributed by atoms with van der Waals surface area (Å²) < 4.78 is 18.3. The summed E-state index contributed by atoms with van der Waals surface area (Å²) >= 11 is 0. The van der Waals surface area contributed by atoms with E-state index in [4.69, 9.17) is 4.42 Å². The Bertz CT molecular complexity index is 822. The van der Waals surface area contributed by atoms with Gasteiger partial charge < -0.3 is 9.32 Å². The van der Waals surface area contributed by atoms with Crippen LogP contribution in [-0.2, 0) is 16.0 Å². The highest BCUT2D eigenvalue weighted by Crippen LogP contribution is 2.23. The number of hydrogen-bond acceptors (Lipinski definition) is 4. The molecule has 1 saturated heterocycles. The molecule has 0 spiro atoms. The lowest BCUT2D eigenvalue weighted by Crippen LogP contribution is -2.33. The average Bonchev–Trinajstić information content (AvgIpc) is 3.15. The van der Waals surface area contributed by atoms with E-state index < -0.39 is 23.4 Å². The van der Waals surface area contributed by atoms with Crippen molar-refractivity contribution >= 4 is 17.5 Å². The van der Waals surface area contributed by atoms with Crippen LogP contribution in [0.15, 0.2) is 41.0 Å². The van der Waals surface area contributed by atoms with E-state index >= 15 is 0 Å². The molecule has 1 unspecified atom stereocenters. The molecule has 2 heterocycles. The SMILES string of the molecule is CC(C)N1CC(C(=O)c2coc(Cc3ccc(F)cc3)c2)C(=O)C1=O. The van der Waals surface area contributed by atoms with Gasteiger partial charge in [0.1, 0.15) is 23.8 Å². The molecule has 25 heavy (non-hydrogen) atoms. The van der Waals surface area contributed by atoms with Crippen molar-refractivity contribution in [3.63, 3.8) is 0 Å². The second-order valence-electron chi connectivity index (χ2n) is 6.44. The van der Waals surface area contributed by atoms with E-state index in [0.717, 1.165) is 5.56 Å². The van der Waals surface area contributed by atoms with Crippen molar-refractivity contribution in [3.8, 4) is 0 Å². The second kappa shape index (κ2) is 6.63. The molecule has 1 atom stereocenters. The fourth-order valence-electron chi connectivity index (χ4n) is 2.91. The molecule has 1 aliphatic rings. The van der Waals surface area contributed by atoms with E-state index in [9.17, 15) is 18.8 Å². The number of carbonyl (C=O) groups excluding carboxylic acids is 3. The molecular formula is C19H18FNO4. The van der Waals surface area contributed by atoms with Gasteiger partial charge >= 0.3 is 0 Å². The first-order valence-electron chi connectivity index (χ1n) is 8.07. The van der Waals surface area contributed by atoms with Crippen molar-refractivity contribution in [1.82, 2.24) is 4.90 Å². The molecule has 1 aliphatic heterocycles. The van der Waals surface area contributed by atoms with Crippen LogP contribution >= 0.6 is 0 Å². The van der Waals surface area contributed by atoms with Gasteiger partial charge in [-0.2, -0.15) is 0 Å². The molecule has 1 fully saturated rings. The Labute approximate surface area is 144 Å². The molecule has 0 saturated carbocycles. The molecule has 5 nitrogen and oxygen atoms in total. The van der Waals surface area contributed by atoms with Gasteiger partial charge in [0.25, 0.3) is 5.91 Å². The molecule has 0 radical (unpaired) electrons. The van der Waals surface area contributed by atoms with Crippen LogP contribution in [0.5, 0.6) is 0 Å². The third-order valence-electron chi connectivity index (χ3n) is 4.34. The van der Waals surface area contributed by atoms with Gasteiger partial charge in [-0.05, 0) is 37.6 Å². The summed E-state index contributed by atoms with van der Waals surface area (Å²) in [6.07, 6.45) is 1.71. The lowest BCUT2D eigenvalue weighted by atomic mass is 9.97. The first kappa shape index (κ1) is 17.1. The van der Waals surface area contributed by atoms with Gasteiger partial charge in [-0.15, -0.1) is 0 Å². The van der Waals surface area contributed by atoms with Crippen molar-refractivity contribution < 1.29 is 23.2 Å². The van der Waals surface area contributed by atoms with Crippen LogP contribution in [0.2, 0.25) is 0 Å². The van der Waals surface area contributed by atoms with E-state index in [2.05, 4.69) is 0 Å². The number of rotatable bonds is 5. The van der Waals surface area contributed by atoms with Crippen molar-refractivity contribution in [2.75, 3.05) is 6.54 Å². The molecule has 130 valence electrons. The quantitative estimate of drug-likeness (QED) is 0.475. The molecule has 6 heteroatoms. The lowest BCUT2D eigenvalue weighted by Gasteiger charge is -2.19. The van der Waals surface area contributed by atoms with Crippen molar-refractivity contribution in [1.29, 1.82) is 0 Å². The summed E-state index contributed by atoms with van der Waals surface area (Å²) in [4.78, 5) is 38.0. The molecule has 1 aromatic carbocycles. The summed E-state index contributed by atoms with van der Waals surface area (Å²) in [7, 11) is 0. The number of amides is 1. The molecule has 0 N–H and O–H groups in total. The largest absolute Gasteiger partial charge is 0.468 e. The standard InChI is InChI=1S/C19H18FNO4/c1-11(2)21-9-16(18(23)19(21)24)17(22)13-8-15(25-10-13)7-12-3-5-14(20)6-4-12/h3-6,8,10-11,16H,7,9H2,1-2H3. The predicted octanol–water partition coefficient (Wildman–Crippen LogP) is 2.63. The van der Waals surface area contributed by atoms with Crippen LogP contribution in [0.25, 0.3) is 0 Å². The fraction of sp³-hybridized carbons (Fsp3) is 0.316. The number of hydrogen-bond donors (Lipinski definition) is 0. The Morgan fingerprint density at radius 3 is 2.56 bits per heavy atom. The monoisotopic (exact) mass is 343 g/mol. The van der Waals surface area contributed by atoms with Gasteiger partial charge in [0, 0.05) is 19.0 Å². The minimum absolute atomic E-state index is 0.104. The summed E-state index contributed by atoms with van der Waals surface area (Å²) in [5, 5.41) is 0. The Morgan fingerprint density at radius 1 is 1.28 bits per heavy atom. The minimum atomic E-state index is -0.980. The summed E-state index contributed by atoms with van der Waals surface area (Å²) in [5.41, 5.74) is 1.11. The molecule has 2 aromatic rings. The number of benzene rings is 1. The van der Waals surface area contributed by atoms with Gasteiger partial charge in [0.2, 0.25) is 5.78 Å². The van der Waals surface area contributed by atoms with Crippen LogP contribution in [0.4, 0.5) is 4.39 Å². The zero-order valence-corrected chi connectivity index (χ0v) is 14.0. The number of carbonyl (C=O) groups is 3. The normalized spacial score (nSPS) is 17.6. The second-order valence-corrected chi connectivity index (χ2v) is 6.44. The first-order chi connectivity index (χ1) is 11.9. The Balaban J connectivity index is 1.73. The maximum absolute atomic E-state index is 12.9. The van der Waals surface area contributed by atoms with Gasteiger partial charge in [-0.25, -0.2) is 4.39 Å². The summed E-state index contributed by atoms with van der Waals surface area (Å²) in [6.45, 7) is 3.71. The van der Waals surface area contributed by atoms with E-state index in [1.54, 1.807) is 32.0 Å². The minimum Gasteiger partial charge on any atom is -0.468 e. The van der Waals surface area contributed by atoms with Crippen molar-refractivity contribution in [3.05, 3.63) is 59.3 Å². The van der Waals surface area contributed by atoms with Gasteiger partial charge in [-0.1, -0.05) is 12.1 Å². The Morgan fingerprint density at radius 2 is 1.96 bits per heavy atom. The number of likely N-dealkylation sites (tertiary alicyclic amines) is 1. The van der Waals surface area contributed by atoms with Crippen LogP contribution in [0, 0.1) is 11.7 Å². The maximum Gasteiger partial charge on any atom is 0.291 e. The van der Waals surface area contributed by atoms with Gasteiger partial charge in [0.15, 0.2) is 5.78 Å². The number of ketones is 2. The number of halogens is 1.